The molecule has 1 saturated heterocycles. The summed E-state index contributed by atoms with van der Waals surface area (Å²) in [5.41, 5.74) is 0.281. The van der Waals surface area contributed by atoms with Crippen molar-refractivity contribution in [3.8, 4) is 16.9 Å². The standard InChI is InChI=1S/C24H25F5N4O4/c1-22(2,3)37-21(34)32-12-4-5-17(32)14-35-23(25,26)20-31-30-19-11-8-16(13-33(19)20)15-6-9-18(10-7-15)36-24(27,28)29/h6-11,13,17H,4-5,12,14H2,1-3H3/t17-/m0/s1. The molecule has 1 aliphatic heterocycles. The molecule has 0 spiro atoms. The van der Waals surface area contributed by atoms with Gasteiger partial charge in [0.05, 0.1) is 12.6 Å². The van der Waals surface area contributed by atoms with E-state index in [-0.39, 0.29) is 5.65 Å². The number of fused-ring (bicyclic) bond motifs is 1. The number of hydrogen-bond donors (Lipinski definition) is 0. The molecule has 0 bridgehead atoms. The quantitative estimate of drug-likeness (QED) is 0.379. The van der Waals surface area contributed by atoms with Crippen molar-refractivity contribution in [1.82, 2.24) is 19.5 Å². The minimum Gasteiger partial charge on any atom is -0.444 e. The number of pyridine rings is 1. The summed E-state index contributed by atoms with van der Waals surface area (Å²) in [4.78, 5) is 13.8. The first-order valence-electron chi connectivity index (χ1n) is 11.4. The Labute approximate surface area is 208 Å². The lowest BCUT2D eigenvalue weighted by Crippen LogP contribution is -2.42. The number of carbonyl (C=O) groups excluding carboxylic acids is 1. The second-order valence-electron chi connectivity index (χ2n) is 9.54. The molecule has 1 amide bonds. The molecule has 0 N–H and O–H groups in total. The van der Waals surface area contributed by atoms with E-state index in [2.05, 4.69) is 14.9 Å². The van der Waals surface area contributed by atoms with Crippen LogP contribution in [0.1, 0.15) is 39.4 Å². The number of nitrogens with zero attached hydrogens (tertiary/aromatic N) is 4. The van der Waals surface area contributed by atoms with Crippen molar-refractivity contribution in [1.29, 1.82) is 0 Å². The summed E-state index contributed by atoms with van der Waals surface area (Å²) in [6.45, 7) is 5.09. The highest BCUT2D eigenvalue weighted by molar-refractivity contribution is 5.69. The van der Waals surface area contributed by atoms with Crippen LogP contribution in [0.3, 0.4) is 0 Å². The average Bonchev–Trinajstić information content (AvgIpc) is 3.43. The van der Waals surface area contributed by atoms with Gasteiger partial charge in [0.1, 0.15) is 11.4 Å². The Morgan fingerprint density at radius 2 is 1.68 bits per heavy atom. The maximum absolute atomic E-state index is 15.1. The summed E-state index contributed by atoms with van der Waals surface area (Å²) in [5, 5.41) is 7.35. The predicted molar refractivity (Wildman–Crippen MR) is 121 cm³/mol. The van der Waals surface area contributed by atoms with Gasteiger partial charge in [0.25, 0.3) is 0 Å². The minimum absolute atomic E-state index is 0.121. The average molecular weight is 528 g/mol. The Morgan fingerprint density at radius 3 is 2.32 bits per heavy atom. The first-order chi connectivity index (χ1) is 17.2. The van der Waals surface area contributed by atoms with Crippen LogP contribution in [0.15, 0.2) is 42.6 Å². The van der Waals surface area contributed by atoms with Gasteiger partial charge in [-0.3, -0.25) is 4.40 Å². The highest BCUT2D eigenvalue weighted by Crippen LogP contribution is 2.32. The molecule has 0 radical (unpaired) electrons. The molecule has 13 heteroatoms. The molecule has 1 aromatic carbocycles. The highest BCUT2D eigenvalue weighted by Gasteiger charge is 2.41. The van der Waals surface area contributed by atoms with Crippen molar-refractivity contribution in [3.05, 3.63) is 48.4 Å². The largest absolute Gasteiger partial charge is 0.573 e. The second kappa shape index (κ2) is 9.77. The van der Waals surface area contributed by atoms with Crippen LogP contribution in [0.4, 0.5) is 26.7 Å². The number of ether oxygens (including phenoxy) is 3. The summed E-state index contributed by atoms with van der Waals surface area (Å²) >= 11 is 0. The van der Waals surface area contributed by atoms with Crippen molar-refractivity contribution in [3.63, 3.8) is 0 Å². The van der Waals surface area contributed by atoms with Crippen molar-refractivity contribution in [2.75, 3.05) is 13.2 Å². The van der Waals surface area contributed by atoms with Crippen LogP contribution >= 0.6 is 0 Å². The maximum atomic E-state index is 15.1. The first kappa shape index (κ1) is 26.6. The van der Waals surface area contributed by atoms with Crippen LogP contribution < -0.4 is 4.74 Å². The van der Waals surface area contributed by atoms with E-state index in [1.54, 1.807) is 26.8 Å². The summed E-state index contributed by atoms with van der Waals surface area (Å²) in [6, 6.07) is 7.41. The van der Waals surface area contributed by atoms with E-state index < -0.39 is 48.4 Å². The number of amides is 1. The fraction of sp³-hybridized carbons (Fsp3) is 0.458. The van der Waals surface area contributed by atoms with Gasteiger partial charge in [0.15, 0.2) is 5.65 Å². The predicted octanol–water partition coefficient (Wildman–Crippen LogP) is 5.76. The zero-order valence-electron chi connectivity index (χ0n) is 20.3. The number of halogens is 5. The Balaban J connectivity index is 1.50. The third-order valence-corrected chi connectivity index (χ3v) is 5.55. The molecule has 1 atom stereocenters. The summed E-state index contributed by atoms with van der Waals surface area (Å²) in [6.07, 6.45) is -6.82. The molecule has 3 aromatic rings. The molecular weight excluding hydrogens is 503 g/mol. The molecule has 2 aromatic heterocycles. The highest BCUT2D eigenvalue weighted by atomic mass is 19.4. The van der Waals surface area contributed by atoms with E-state index in [1.165, 1.54) is 29.3 Å². The fourth-order valence-electron chi connectivity index (χ4n) is 3.94. The number of hydrogen-bond acceptors (Lipinski definition) is 6. The summed E-state index contributed by atoms with van der Waals surface area (Å²) in [7, 11) is 0. The van der Waals surface area contributed by atoms with Gasteiger partial charge in [-0.2, -0.15) is 8.78 Å². The van der Waals surface area contributed by atoms with Crippen molar-refractivity contribution in [2.45, 2.75) is 57.7 Å². The molecule has 0 aliphatic carbocycles. The Hall–Kier alpha value is -3.48. The number of likely N-dealkylation sites (tertiary alicyclic amines) is 1. The van der Waals surface area contributed by atoms with E-state index >= 15 is 8.78 Å². The van der Waals surface area contributed by atoms with Gasteiger partial charge >= 0.3 is 18.6 Å². The molecule has 1 fully saturated rings. The van der Waals surface area contributed by atoms with Crippen LogP contribution in [-0.2, 0) is 15.6 Å². The van der Waals surface area contributed by atoms with Gasteiger partial charge in [-0.1, -0.05) is 12.1 Å². The van der Waals surface area contributed by atoms with Gasteiger partial charge in [-0.15, -0.1) is 23.4 Å². The first-order valence-corrected chi connectivity index (χ1v) is 11.4. The van der Waals surface area contributed by atoms with Crippen LogP contribution in [0.5, 0.6) is 5.75 Å². The number of rotatable bonds is 6. The van der Waals surface area contributed by atoms with Gasteiger partial charge in [-0.05, 0) is 69.0 Å². The summed E-state index contributed by atoms with van der Waals surface area (Å²) < 4.78 is 82.6. The van der Waals surface area contributed by atoms with E-state index in [1.807, 2.05) is 0 Å². The van der Waals surface area contributed by atoms with E-state index in [9.17, 15) is 18.0 Å². The number of carbonyl (C=O) groups is 1. The SMILES string of the molecule is CC(C)(C)OC(=O)N1CCC[C@H]1COC(F)(F)c1nnc2ccc(-c3ccc(OC(F)(F)F)cc3)cn12. The van der Waals surface area contributed by atoms with Crippen LogP contribution in [0, 0.1) is 0 Å². The van der Waals surface area contributed by atoms with Crippen molar-refractivity contribution in [2.24, 2.45) is 0 Å². The molecule has 0 saturated carbocycles. The molecule has 1 aliphatic rings. The summed E-state index contributed by atoms with van der Waals surface area (Å²) in [5.74, 6) is -1.18. The molecule has 8 nitrogen and oxygen atoms in total. The van der Waals surface area contributed by atoms with E-state index in [0.717, 1.165) is 16.5 Å². The lowest BCUT2D eigenvalue weighted by atomic mass is 10.1. The van der Waals surface area contributed by atoms with Crippen molar-refractivity contribution >= 4 is 11.7 Å². The lowest BCUT2D eigenvalue weighted by Gasteiger charge is -2.29. The van der Waals surface area contributed by atoms with Crippen LogP contribution in [0.25, 0.3) is 16.8 Å². The topological polar surface area (TPSA) is 78.2 Å². The van der Waals surface area contributed by atoms with Gasteiger partial charge in [0, 0.05) is 12.7 Å². The monoisotopic (exact) mass is 528 g/mol. The van der Waals surface area contributed by atoms with E-state index in [0.29, 0.717) is 30.5 Å². The second-order valence-corrected chi connectivity index (χ2v) is 9.54. The lowest BCUT2D eigenvalue weighted by molar-refractivity contribution is -0.274. The Kier molecular flexibility index (Phi) is 7.01. The molecule has 37 heavy (non-hydrogen) atoms. The minimum atomic E-state index is -4.83. The van der Waals surface area contributed by atoms with Crippen LogP contribution in [0.2, 0.25) is 0 Å². The zero-order chi connectivity index (χ0) is 27.0. The number of aromatic nitrogens is 3. The van der Waals surface area contributed by atoms with Gasteiger partial charge in [0.2, 0.25) is 5.82 Å². The Morgan fingerprint density at radius 1 is 1.00 bits per heavy atom. The number of benzene rings is 1. The number of alkyl halides is 5. The van der Waals surface area contributed by atoms with Gasteiger partial charge in [-0.25, -0.2) is 4.79 Å². The van der Waals surface area contributed by atoms with Gasteiger partial charge < -0.3 is 19.1 Å². The molecular formula is C24H25F5N4O4. The van der Waals surface area contributed by atoms with Crippen LogP contribution in [-0.4, -0.2) is 56.7 Å². The molecule has 0 unspecified atom stereocenters. The third-order valence-electron chi connectivity index (χ3n) is 5.55. The molecule has 4 rings (SSSR count). The smallest absolute Gasteiger partial charge is 0.444 e. The van der Waals surface area contributed by atoms with Crippen molar-refractivity contribution < 1.29 is 41.0 Å². The van der Waals surface area contributed by atoms with E-state index in [4.69, 9.17) is 9.47 Å². The third kappa shape index (κ3) is 6.45. The maximum Gasteiger partial charge on any atom is 0.573 e. The molecule has 3 heterocycles. The zero-order valence-corrected chi connectivity index (χ0v) is 20.3. The Bertz CT molecular complexity index is 1250. The normalized spacial score (nSPS) is 16.9. The molecule has 200 valence electrons. The fourth-order valence-corrected chi connectivity index (χ4v) is 3.94.